The Labute approximate surface area is 160 Å². The first kappa shape index (κ1) is 18.7. The molecular weight excluding hydrogens is 366 g/mol. The Hall–Kier alpha value is -3.12. The van der Waals surface area contributed by atoms with Gasteiger partial charge in [0, 0.05) is 11.2 Å². The van der Waals surface area contributed by atoms with Crippen LogP contribution in [0.1, 0.15) is 22.3 Å². The number of nitrogens with one attached hydrogen (secondary N) is 1. The normalized spacial score (nSPS) is 11.3. The summed E-state index contributed by atoms with van der Waals surface area (Å²) in [6.45, 7) is 5.60. The fourth-order valence-corrected chi connectivity index (χ4v) is 2.96. The molecule has 0 saturated carbocycles. The fourth-order valence-electron chi connectivity index (χ4n) is 2.79. The van der Waals surface area contributed by atoms with Crippen molar-refractivity contribution in [3.63, 3.8) is 0 Å². The number of aliphatic imine (C=N–C) groups is 1. The van der Waals surface area contributed by atoms with Gasteiger partial charge in [-0.3, -0.25) is 14.8 Å². The molecule has 7 heteroatoms. The molecule has 0 spiro atoms. The standard InChI is InChI=1S/C20H18ClN3O3/c1-11-4-7-17(13(3)8-11)24-19(26)15(18(25)23-20(24)27)10-22-16-9-14(21)6-5-12(16)2/h4-10,26H,1-3H3,(H,23,25,27). The van der Waals surface area contributed by atoms with Crippen LogP contribution in [0.2, 0.25) is 5.02 Å². The second-order valence-electron chi connectivity index (χ2n) is 6.31. The Morgan fingerprint density at radius 3 is 2.52 bits per heavy atom. The largest absolute Gasteiger partial charge is 0.493 e. The summed E-state index contributed by atoms with van der Waals surface area (Å²) in [5.41, 5.74) is 2.14. The number of aromatic hydroxyl groups is 1. The molecule has 0 fully saturated rings. The van der Waals surface area contributed by atoms with E-state index < -0.39 is 17.1 Å². The second kappa shape index (κ2) is 7.25. The number of aryl methyl sites for hydroxylation is 3. The molecular formula is C20H18ClN3O3. The van der Waals surface area contributed by atoms with Gasteiger partial charge in [0.25, 0.3) is 5.56 Å². The van der Waals surface area contributed by atoms with Gasteiger partial charge in [-0.05, 0) is 50.1 Å². The van der Waals surface area contributed by atoms with Crippen molar-refractivity contribution in [3.8, 4) is 11.6 Å². The average Bonchev–Trinajstić information content (AvgIpc) is 2.59. The van der Waals surface area contributed by atoms with Crippen molar-refractivity contribution in [2.24, 2.45) is 4.99 Å². The van der Waals surface area contributed by atoms with Gasteiger partial charge in [-0.25, -0.2) is 9.36 Å². The van der Waals surface area contributed by atoms with E-state index in [1.54, 1.807) is 24.3 Å². The van der Waals surface area contributed by atoms with Crippen LogP contribution in [-0.2, 0) is 0 Å². The van der Waals surface area contributed by atoms with E-state index >= 15 is 0 Å². The first-order chi connectivity index (χ1) is 12.8. The quantitative estimate of drug-likeness (QED) is 0.678. The first-order valence-electron chi connectivity index (χ1n) is 8.24. The minimum absolute atomic E-state index is 0.117. The highest BCUT2D eigenvalue weighted by atomic mass is 35.5. The van der Waals surface area contributed by atoms with Gasteiger partial charge < -0.3 is 5.11 Å². The molecule has 6 nitrogen and oxygen atoms in total. The molecule has 0 unspecified atom stereocenters. The van der Waals surface area contributed by atoms with Gasteiger partial charge in [-0.15, -0.1) is 0 Å². The van der Waals surface area contributed by atoms with Crippen molar-refractivity contribution in [3.05, 3.63) is 84.5 Å². The van der Waals surface area contributed by atoms with Crippen molar-refractivity contribution in [1.82, 2.24) is 9.55 Å². The van der Waals surface area contributed by atoms with E-state index in [4.69, 9.17) is 11.6 Å². The number of hydrogen-bond donors (Lipinski definition) is 2. The lowest BCUT2D eigenvalue weighted by atomic mass is 10.1. The fraction of sp³-hybridized carbons (Fsp3) is 0.150. The zero-order chi connectivity index (χ0) is 19.7. The van der Waals surface area contributed by atoms with Gasteiger partial charge in [0.2, 0.25) is 5.88 Å². The minimum atomic E-state index is -0.722. The van der Waals surface area contributed by atoms with Crippen LogP contribution in [0.25, 0.3) is 5.69 Å². The van der Waals surface area contributed by atoms with Crippen LogP contribution in [-0.4, -0.2) is 20.9 Å². The van der Waals surface area contributed by atoms with Crippen LogP contribution in [0.3, 0.4) is 0 Å². The molecule has 2 aromatic carbocycles. The first-order valence-corrected chi connectivity index (χ1v) is 8.62. The SMILES string of the molecule is Cc1ccc(-n2c(O)c(C=Nc3cc(Cl)ccc3C)c(=O)[nH]c2=O)c(C)c1. The van der Waals surface area contributed by atoms with Crippen LogP contribution in [0.15, 0.2) is 51.0 Å². The molecule has 0 radical (unpaired) electrons. The Morgan fingerprint density at radius 1 is 1.07 bits per heavy atom. The Morgan fingerprint density at radius 2 is 1.81 bits per heavy atom. The van der Waals surface area contributed by atoms with Crippen molar-refractivity contribution >= 4 is 23.5 Å². The molecule has 0 bridgehead atoms. The summed E-state index contributed by atoms with van der Waals surface area (Å²) in [5, 5.41) is 11.1. The molecule has 3 rings (SSSR count). The van der Waals surface area contributed by atoms with Gasteiger partial charge >= 0.3 is 5.69 Å². The number of hydrogen-bond acceptors (Lipinski definition) is 4. The van der Waals surface area contributed by atoms with Gasteiger partial charge in [-0.1, -0.05) is 35.4 Å². The maximum absolute atomic E-state index is 12.3. The van der Waals surface area contributed by atoms with Crippen LogP contribution in [0.5, 0.6) is 5.88 Å². The summed E-state index contributed by atoms with van der Waals surface area (Å²) in [5.74, 6) is -0.473. The smallest absolute Gasteiger partial charge is 0.335 e. The molecule has 0 aliphatic carbocycles. The average molecular weight is 384 g/mol. The number of halogens is 1. The third-order valence-electron chi connectivity index (χ3n) is 4.22. The molecule has 0 aliphatic heterocycles. The summed E-state index contributed by atoms with van der Waals surface area (Å²) >= 11 is 5.98. The zero-order valence-electron chi connectivity index (χ0n) is 15.1. The summed E-state index contributed by atoms with van der Waals surface area (Å²) in [6.07, 6.45) is 1.23. The Kier molecular flexibility index (Phi) is 5.01. The lowest BCUT2D eigenvalue weighted by molar-refractivity contribution is 0.430. The lowest BCUT2D eigenvalue weighted by Crippen LogP contribution is -2.31. The van der Waals surface area contributed by atoms with E-state index in [9.17, 15) is 14.7 Å². The highest BCUT2D eigenvalue weighted by Gasteiger charge is 2.15. The maximum atomic E-state index is 12.3. The lowest BCUT2D eigenvalue weighted by Gasteiger charge is -2.12. The van der Waals surface area contributed by atoms with Crippen LogP contribution in [0.4, 0.5) is 5.69 Å². The van der Waals surface area contributed by atoms with E-state index in [1.165, 1.54) is 6.21 Å². The second-order valence-corrected chi connectivity index (χ2v) is 6.75. The van der Waals surface area contributed by atoms with E-state index in [0.717, 1.165) is 21.3 Å². The molecule has 0 aliphatic rings. The number of H-pyrrole nitrogens is 1. The predicted octanol–water partition coefficient (Wildman–Crippen LogP) is 3.56. The van der Waals surface area contributed by atoms with Crippen LogP contribution in [0, 0.1) is 20.8 Å². The number of aromatic amines is 1. The topological polar surface area (TPSA) is 87.4 Å². The van der Waals surface area contributed by atoms with Crippen molar-refractivity contribution in [2.45, 2.75) is 20.8 Å². The zero-order valence-corrected chi connectivity index (χ0v) is 15.8. The predicted molar refractivity (Wildman–Crippen MR) is 107 cm³/mol. The highest BCUT2D eigenvalue weighted by molar-refractivity contribution is 6.30. The Balaban J connectivity index is 2.18. The molecule has 0 atom stereocenters. The molecule has 27 heavy (non-hydrogen) atoms. The van der Waals surface area contributed by atoms with E-state index in [2.05, 4.69) is 9.98 Å². The minimum Gasteiger partial charge on any atom is -0.493 e. The third-order valence-corrected chi connectivity index (χ3v) is 4.45. The summed E-state index contributed by atoms with van der Waals surface area (Å²) in [6, 6.07) is 10.6. The van der Waals surface area contributed by atoms with Gasteiger partial charge in [-0.2, -0.15) is 0 Å². The van der Waals surface area contributed by atoms with Gasteiger partial charge in [0.15, 0.2) is 0 Å². The Bertz CT molecular complexity index is 1180. The third kappa shape index (κ3) is 3.71. The summed E-state index contributed by atoms with van der Waals surface area (Å²) < 4.78 is 1.06. The van der Waals surface area contributed by atoms with Crippen molar-refractivity contribution < 1.29 is 5.11 Å². The van der Waals surface area contributed by atoms with E-state index in [-0.39, 0.29) is 5.56 Å². The van der Waals surface area contributed by atoms with Crippen molar-refractivity contribution in [1.29, 1.82) is 0 Å². The molecule has 1 aromatic heterocycles. The molecule has 0 saturated heterocycles. The van der Waals surface area contributed by atoms with Crippen LogP contribution >= 0.6 is 11.6 Å². The van der Waals surface area contributed by atoms with Crippen LogP contribution < -0.4 is 11.2 Å². The van der Waals surface area contributed by atoms with Crippen molar-refractivity contribution in [2.75, 3.05) is 0 Å². The van der Waals surface area contributed by atoms with E-state index in [1.807, 2.05) is 32.9 Å². The monoisotopic (exact) mass is 383 g/mol. The molecule has 2 N–H and O–H groups in total. The molecule has 3 aromatic rings. The summed E-state index contributed by atoms with van der Waals surface area (Å²) in [4.78, 5) is 31.0. The highest BCUT2D eigenvalue weighted by Crippen LogP contribution is 2.24. The maximum Gasteiger partial charge on any atom is 0.335 e. The summed E-state index contributed by atoms with van der Waals surface area (Å²) in [7, 11) is 0. The molecule has 1 heterocycles. The van der Waals surface area contributed by atoms with E-state index in [0.29, 0.717) is 16.4 Å². The number of rotatable bonds is 3. The molecule has 138 valence electrons. The number of aromatic nitrogens is 2. The van der Waals surface area contributed by atoms with Gasteiger partial charge in [0.05, 0.1) is 11.4 Å². The molecule has 0 amide bonds. The van der Waals surface area contributed by atoms with Gasteiger partial charge in [0.1, 0.15) is 5.56 Å². The number of nitrogens with zero attached hydrogens (tertiary/aromatic N) is 2. The number of benzene rings is 2.